The fourth-order valence-electron chi connectivity index (χ4n) is 2.01. The van der Waals surface area contributed by atoms with Crippen molar-refractivity contribution in [3.8, 4) is 5.75 Å². The van der Waals surface area contributed by atoms with Gasteiger partial charge in [0.25, 0.3) is 5.91 Å². The lowest BCUT2D eigenvalue weighted by atomic mass is 10.1. The minimum absolute atomic E-state index is 0.201. The van der Waals surface area contributed by atoms with Crippen LogP contribution in [-0.4, -0.2) is 17.4 Å². The summed E-state index contributed by atoms with van der Waals surface area (Å²) in [5, 5.41) is 2.78. The number of amides is 1. The maximum absolute atomic E-state index is 12.0. The molecule has 2 N–H and O–H groups in total. The first kappa shape index (κ1) is 16.8. The molecule has 5 nitrogen and oxygen atoms in total. The second-order valence-electron chi connectivity index (χ2n) is 5.79. The number of carbonyl (C=O) groups excluding carboxylic acids is 1. The molecule has 0 radical (unpaired) electrons. The van der Waals surface area contributed by atoms with Crippen molar-refractivity contribution >= 4 is 5.91 Å². The molecule has 1 aromatic heterocycles. The third-order valence-electron chi connectivity index (χ3n) is 3.37. The lowest BCUT2D eigenvalue weighted by Crippen LogP contribution is -2.27. The Bertz CT molecular complexity index is 693. The zero-order valence-corrected chi connectivity index (χ0v) is 13.5. The average Bonchev–Trinajstić information content (AvgIpc) is 2.54. The minimum atomic E-state index is -0.311. The normalized spacial score (nSPS) is 10.6. The molecule has 0 unspecified atom stereocenters. The van der Waals surface area contributed by atoms with Gasteiger partial charge in [0.05, 0.1) is 0 Å². The minimum Gasteiger partial charge on any atom is -0.483 e. The highest BCUT2D eigenvalue weighted by molar-refractivity contribution is 5.92. The number of nitrogens with one attached hydrogen (secondary N) is 2. The van der Waals surface area contributed by atoms with Crippen molar-refractivity contribution < 1.29 is 9.53 Å². The van der Waals surface area contributed by atoms with E-state index in [4.69, 9.17) is 4.74 Å². The summed E-state index contributed by atoms with van der Waals surface area (Å²) in [5.74, 6) is 0.438. The van der Waals surface area contributed by atoms with E-state index in [0.717, 1.165) is 12.0 Å². The first-order chi connectivity index (χ1) is 11.1. The van der Waals surface area contributed by atoms with Gasteiger partial charge in [-0.1, -0.05) is 44.2 Å². The number of rotatable bonds is 7. The van der Waals surface area contributed by atoms with E-state index in [1.165, 1.54) is 12.3 Å². The van der Waals surface area contributed by atoms with E-state index in [0.29, 0.717) is 19.1 Å². The van der Waals surface area contributed by atoms with E-state index in [1.807, 2.05) is 30.3 Å². The summed E-state index contributed by atoms with van der Waals surface area (Å²) in [6.45, 7) is 5.08. The maximum Gasteiger partial charge on any atom is 0.267 e. The van der Waals surface area contributed by atoms with E-state index < -0.39 is 0 Å². The Morgan fingerprint density at radius 2 is 2.00 bits per heavy atom. The monoisotopic (exact) mass is 314 g/mol. The molecular formula is C18H22N2O3. The molecule has 0 spiro atoms. The van der Waals surface area contributed by atoms with Crippen molar-refractivity contribution in [1.82, 2.24) is 10.3 Å². The predicted molar refractivity (Wildman–Crippen MR) is 89.6 cm³/mol. The highest BCUT2D eigenvalue weighted by Crippen LogP contribution is 2.07. The molecule has 0 atom stereocenters. The molecule has 0 saturated carbocycles. The van der Waals surface area contributed by atoms with E-state index in [-0.39, 0.29) is 22.8 Å². The van der Waals surface area contributed by atoms with Crippen LogP contribution in [0.4, 0.5) is 0 Å². The van der Waals surface area contributed by atoms with E-state index in [1.54, 1.807) is 0 Å². The van der Waals surface area contributed by atoms with Crippen LogP contribution >= 0.6 is 0 Å². The standard InChI is InChI=1S/C18H22N2O3/c1-13(2)8-9-19-18(22)15-10-16(21)17(11-20-15)23-12-14-6-4-3-5-7-14/h3-7,10-11,13H,8-9,12H2,1-2H3,(H,19,22)(H,20,21). The number of pyridine rings is 1. The van der Waals surface area contributed by atoms with Crippen molar-refractivity contribution in [2.45, 2.75) is 26.9 Å². The van der Waals surface area contributed by atoms with Gasteiger partial charge in [0.2, 0.25) is 5.43 Å². The van der Waals surface area contributed by atoms with Gasteiger partial charge in [-0.25, -0.2) is 0 Å². The van der Waals surface area contributed by atoms with Gasteiger partial charge in [0, 0.05) is 18.8 Å². The summed E-state index contributed by atoms with van der Waals surface area (Å²) in [6.07, 6.45) is 2.33. The molecule has 5 heteroatoms. The van der Waals surface area contributed by atoms with E-state index >= 15 is 0 Å². The molecule has 1 amide bonds. The molecule has 2 aromatic rings. The first-order valence-electron chi connectivity index (χ1n) is 7.74. The molecule has 23 heavy (non-hydrogen) atoms. The van der Waals surface area contributed by atoms with Crippen LogP contribution in [0, 0.1) is 5.92 Å². The second kappa shape index (κ2) is 8.17. The fourth-order valence-corrected chi connectivity index (χ4v) is 2.01. The van der Waals surface area contributed by atoms with Crippen molar-refractivity contribution in [2.75, 3.05) is 6.54 Å². The molecule has 0 aliphatic heterocycles. The van der Waals surface area contributed by atoms with Gasteiger partial charge >= 0.3 is 0 Å². The quantitative estimate of drug-likeness (QED) is 0.825. The summed E-state index contributed by atoms with van der Waals surface area (Å²) in [7, 11) is 0. The van der Waals surface area contributed by atoms with Crippen LogP contribution in [0.1, 0.15) is 36.3 Å². The Kier molecular flexibility index (Phi) is 5.97. The Hall–Kier alpha value is -2.56. The molecule has 0 saturated heterocycles. The zero-order chi connectivity index (χ0) is 16.7. The Balaban J connectivity index is 1.95. The fraction of sp³-hybridized carbons (Fsp3) is 0.333. The number of hydrogen-bond acceptors (Lipinski definition) is 3. The van der Waals surface area contributed by atoms with Crippen LogP contribution < -0.4 is 15.5 Å². The van der Waals surface area contributed by atoms with Gasteiger partial charge in [-0.3, -0.25) is 9.59 Å². The Morgan fingerprint density at radius 3 is 2.65 bits per heavy atom. The van der Waals surface area contributed by atoms with Crippen LogP contribution in [0.25, 0.3) is 0 Å². The summed E-state index contributed by atoms with van der Waals surface area (Å²) in [4.78, 5) is 26.8. The molecule has 0 aliphatic carbocycles. The van der Waals surface area contributed by atoms with Crippen LogP contribution in [0.5, 0.6) is 5.75 Å². The van der Waals surface area contributed by atoms with Gasteiger partial charge in [-0.15, -0.1) is 0 Å². The molecule has 0 aliphatic rings. The van der Waals surface area contributed by atoms with Crippen LogP contribution in [-0.2, 0) is 6.61 Å². The molecule has 0 bridgehead atoms. The van der Waals surface area contributed by atoms with Crippen molar-refractivity contribution in [3.63, 3.8) is 0 Å². The van der Waals surface area contributed by atoms with E-state index in [9.17, 15) is 9.59 Å². The predicted octanol–water partition coefficient (Wildman–Crippen LogP) is 2.73. The summed E-state index contributed by atoms with van der Waals surface area (Å²) in [6, 6.07) is 10.9. The summed E-state index contributed by atoms with van der Waals surface area (Å²) in [5.41, 5.74) is 0.905. The third-order valence-corrected chi connectivity index (χ3v) is 3.37. The summed E-state index contributed by atoms with van der Waals surface area (Å²) >= 11 is 0. The average molecular weight is 314 g/mol. The molecule has 122 valence electrons. The highest BCUT2D eigenvalue weighted by atomic mass is 16.5. The van der Waals surface area contributed by atoms with Gasteiger partial charge in [0.1, 0.15) is 12.3 Å². The number of aromatic nitrogens is 1. The highest BCUT2D eigenvalue weighted by Gasteiger charge is 2.09. The Morgan fingerprint density at radius 1 is 1.26 bits per heavy atom. The Labute approximate surface area is 135 Å². The van der Waals surface area contributed by atoms with Crippen molar-refractivity contribution in [2.24, 2.45) is 5.92 Å². The van der Waals surface area contributed by atoms with Gasteiger partial charge < -0.3 is 15.0 Å². The lowest BCUT2D eigenvalue weighted by molar-refractivity contribution is 0.0947. The van der Waals surface area contributed by atoms with E-state index in [2.05, 4.69) is 24.1 Å². The van der Waals surface area contributed by atoms with Crippen molar-refractivity contribution in [1.29, 1.82) is 0 Å². The van der Waals surface area contributed by atoms with Crippen LogP contribution in [0.2, 0.25) is 0 Å². The number of carbonyl (C=O) groups is 1. The first-order valence-corrected chi connectivity index (χ1v) is 7.74. The van der Waals surface area contributed by atoms with Gasteiger partial charge in [-0.05, 0) is 17.9 Å². The van der Waals surface area contributed by atoms with Crippen molar-refractivity contribution in [3.05, 3.63) is 64.1 Å². The number of aromatic amines is 1. The number of hydrogen-bond donors (Lipinski definition) is 2. The SMILES string of the molecule is CC(C)CCNC(=O)c1cc(=O)c(OCc2ccccc2)c[nH]1. The second-order valence-corrected chi connectivity index (χ2v) is 5.79. The molecule has 1 heterocycles. The molecule has 1 aromatic carbocycles. The summed E-state index contributed by atoms with van der Waals surface area (Å²) < 4.78 is 5.49. The van der Waals surface area contributed by atoms with Gasteiger partial charge in [0.15, 0.2) is 5.75 Å². The van der Waals surface area contributed by atoms with Crippen LogP contribution in [0.3, 0.4) is 0 Å². The molecule has 2 rings (SSSR count). The van der Waals surface area contributed by atoms with Crippen LogP contribution in [0.15, 0.2) is 47.4 Å². The maximum atomic E-state index is 12.0. The third kappa shape index (κ3) is 5.29. The molecular weight excluding hydrogens is 292 g/mol. The lowest BCUT2D eigenvalue weighted by Gasteiger charge is -2.08. The smallest absolute Gasteiger partial charge is 0.267 e. The molecule has 0 fully saturated rings. The number of H-pyrrole nitrogens is 1. The largest absolute Gasteiger partial charge is 0.483 e. The topological polar surface area (TPSA) is 71.2 Å². The zero-order valence-electron chi connectivity index (χ0n) is 13.5. The number of ether oxygens (including phenoxy) is 1. The van der Waals surface area contributed by atoms with Gasteiger partial charge in [-0.2, -0.15) is 0 Å². The number of benzene rings is 1.